The summed E-state index contributed by atoms with van der Waals surface area (Å²) < 4.78 is 27.9. The summed E-state index contributed by atoms with van der Waals surface area (Å²) in [6.45, 7) is 9.40. The number of hydrogen-bond donors (Lipinski definition) is 3. The maximum absolute atomic E-state index is 13.3. The van der Waals surface area contributed by atoms with E-state index in [1.54, 1.807) is 24.3 Å². The summed E-state index contributed by atoms with van der Waals surface area (Å²) in [5.74, 6) is -0.778. The Morgan fingerprint density at radius 2 is 1.86 bits per heavy atom. The van der Waals surface area contributed by atoms with Gasteiger partial charge in [-0.2, -0.15) is 4.31 Å². The Balaban J connectivity index is 1.47. The number of fused-ring (bicyclic) bond motifs is 1. The van der Waals surface area contributed by atoms with Gasteiger partial charge in [0, 0.05) is 25.2 Å². The fourth-order valence-electron chi connectivity index (χ4n) is 4.95. The summed E-state index contributed by atoms with van der Waals surface area (Å²) in [5, 5.41) is 9.31. The van der Waals surface area contributed by atoms with Crippen LogP contribution in [0.15, 0.2) is 47.4 Å². The summed E-state index contributed by atoms with van der Waals surface area (Å²) >= 11 is 0. The molecule has 0 saturated carbocycles. The average molecular weight is 527 g/mol. The van der Waals surface area contributed by atoms with Gasteiger partial charge in [-0.1, -0.05) is 35.9 Å². The Morgan fingerprint density at radius 1 is 1.14 bits per heavy atom. The second-order valence-electron chi connectivity index (χ2n) is 11.1. The van der Waals surface area contributed by atoms with Crippen LogP contribution in [0.3, 0.4) is 0 Å². The van der Waals surface area contributed by atoms with Crippen molar-refractivity contribution in [3.8, 4) is 0 Å². The van der Waals surface area contributed by atoms with Crippen molar-refractivity contribution in [2.75, 3.05) is 13.1 Å². The first-order valence-electron chi connectivity index (χ1n) is 13.0. The molecule has 4 rings (SSSR count). The number of piperazine rings is 1. The molecule has 0 radical (unpaired) electrons. The molecule has 2 aromatic rings. The average Bonchev–Trinajstić information content (AvgIpc) is 2.84. The van der Waals surface area contributed by atoms with Crippen LogP contribution in [0.4, 0.5) is 0 Å². The lowest BCUT2D eigenvalue weighted by atomic mass is 9.86. The number of rotatable bonds is 7. The number of amides is 2. The van der Waals surface area contributed by atoms with Crippen LogP contribution in [-0.4, -0.2) is 49.2 Å². The predicted octanol–water partition coefficient (Wildman–Crippen LogP) is 2.96. The van der Waals surface area contributed by atoms with Gasteiger partial charge in [0.1, 0.15) is 6.04 Å². The van der Waals surface area contributed by atoms with Crippen molar-refractivity contribution in [2.45, 2.75) is 82.4 Å². The highest BCUT2D eigenvalue weighted by molar-refractivity contribution is 7.89. The molecule has 1 heterocycles. The minimum absolute atomic E-state index is 0.0264. The molecule has 1 aliphatic carbocycles. The molecule has 9 heteroatoms. The fraction of sp³-hybridized carbons (Fsp3) is 0.500. The Bertz CT molecular complexity index is 1250. The lowest BCUT2D eigenvalue weighted by Crippen LogP contribution is -2.58. The van der Waals surface area contributed by atoms with Crippen molar-refractivity contribution in [1.82, 2.24) is 20.3 Å². The minimum Gasteiger partial charge on any atom is -0.353 e. The minimum atomic E-state index is -3.92. The Morgan fingerprint density at radius 3 is 2.57 bits per heavy atom. The molecule has 2 aromatic carbocycles. The zero-order valence-electron chi connectivity index (χ0n) is 22.1. The highest BCUT2D eigenvalue weighted by Crippen LogP contribution is 2.31. The molecule has 1 saturated heterocycles. The maximum atomic E-state index is 13.3. The zero-order chi connectivity index (χ0) is 26.8. The summed E-state index contributed by atoms with van der Waals surface area (Å²) in [4.78, 5) is 26.0. The van der Waals surface area contributed by atoms with E-state index in [4.69, 9.17) is 0 Å². The maximum Gasteiger partial charge on any atom is 0.243 e. The van der Waals surface area contributed by atoms with E-state index >= 15 is 0 Å². The number of carbonyl (C=O) groups excluding carboxylic acids is 2. The van der Waals surface area contributed by atoms with Crippen molar-refractivity contribution < 1.29 is 18.0 Å². The van der Waals surface area contributed by atoms with Gasteiger partial charge in [-0.3, -0.25) is 9.59 Å². The van der Waals surface area contributed by atoms with Gasteiger partial charge in [0.05, 0.1) is 17.4 Å². The highest BCUT2D eigenvalue weighted by atomic mass is 32.2. The van der Waals surface area contributed by atoms with Crippen molar-refractivity contribution >= 4 is 21.8 Å². The molecule has 2 aliphatic rings. The number of carbonyl (C=O) groups is 2. The van der Waals surface area contributed by atoms with Crippen LogP contribution in [-0.2, 0) is 32.6 Å². The van der Waals surface area contributed by atoms with Gasteiger partial charge >= 0.3 is 0 Å². The van der Waals surface area contributed by atoms with Gasteiger partial charge in [0.2, 0.25) is 21.8 Å². The number of aryl methyl sites for hydroxylation is 2. The van der Waals surface area contributed by atoms with E-state index < -0.39 is 22.0 Å². The standard InChI is InChI=1S/C28H38N4O4S/c1-19-8-11-22(12-9-19)37(35,36)32-15-14-29-27(34)25(32)17-26(33)31-24-7-5-6-21-16-20(10-13-23(21)24)18-30-28(2,3)4/h8-13,16,24-25,30H,5-7,14-15,17-18H2,1-4H3,(H,29,34)(H,31,33)/t24-,25+/m1/s1. The van der Waals surface area contributed by atoms with E-state index in [1.807, 2.05) is 6.92 Å². The van der Waals surface area contributed by atoms with Crippen molar-refractivity contribution in [1.29, 1.82) is 0 Å². The normalized spacial score (nSPS) is 20.7. The molecule has 1 fully saturated rings. The van der Waals surface area contributed by atoms with Gasteiger partial charge < -0.3 is 16.0 Å². The molecule has 8 nitrogen and oxygen atoms in total. The largest absolute Gasteiger partial charge is 0.353 e. The van der Waals surface area contributed by atoms with Gasteiger partial charge in [-0.15, -0.1) is 0 Å². The van der Waals surface area contributed by atoms with Crippen LogP contribution >= 0.6 is 0 Å². The van der Waals surface area contributed by atoms with Crippen molar-refractivity contribution in [2.24, 2.45) is 0 Å². The van der Waals surface area contributed by atoms with Gasteiger partial charge in [0.25, 0.3) is 0 Å². The third kappa shape index (κ3) is 6.58. The van der Waals surface area contributed by atoms with E-state index in [-0.39, 0.29) is 41.9 Å². The first kappa shape index (κ1) is 27.3. The molecule has 37 heavy (non-hydrogen) atoms. The molecule has 1 aliphatic heterocycles. The Labute approximate surface area is 220 Å². The topological polar surface area (TPSA) is 108 Å². The second-order valence-corrected chi connectivity index (χ2v) is 13.0. The molecule has 2 amide bonds. The van der Waals surface area contributed by atoms with E-state index in [1.165, 1.54) is 15.4 Å². The molecule has 0 bridgehead atoms. The molecule has 3 N–H and O–H groups in total. The first-order valence-corrected chi connectivity index (χ1v) is 14.4. The Kier molecular flexibility index (Phi) is 8.06. The van der Waals surface area contributed by atoms with E-state index in [2.05, 4.69) is 54.9 Å². The number of nitrogens with one attached hydrogen (secondary N) is 3. The zero-order valence-corrected chi connectivity index (χ0v) is 23.0. The summed E-state index contributed by atoms with van der Waals surface area (Å²) in [5.41, 5.74) is 4.49. The van der Waals surface area contributed by atoms with Crippen LogP contribution in [0.5, 0.6) is 0 Å². The number of nitrogens with zero attached hydrogens (tertiary/aromatic N) is 1. The molecule has 0 unspecified atom stereocenters. The van der Waals surface area contributed by atoms with Crippen LogP contribution in [0.1, 0.15) is 68.3 Å². The lowest BCUT2D eigenvalue weighted by Gasteiger charge is -2.34. The van der Waals surface area contributed by atoms with Crippen LogP contribution in [0.25, 0.3) is 0 Å². The van der Waals surface area contributed by atoms with Crippen molar-refractivity contribution in [3.63, 3.8) is 0 Å². The lowest BCUT2D eigenvalue weighted by molar-refractivity contribution is -0.132. The number of hydrogen-bond acceptors (Lipinski definition) is 5. The van der Waals surface area contributed by atoms with Crippen LogP contribution in [0, 0.1) is 6.92 Å². The second kappa shape index (κ2) is 10.9. The first-order chi connectivity index (χ1) is 17.4. The molecule has 2 atom stereocenters. The van der Waals surface area contributed by atoms with Crippen LogP contribution < -0.4 is 16.0 Å². The quantitative estimate of drug-likeness (QED) is 0.514. The molecule has 200 valence electrons. The van der Waals surface area contributed by atoms with Gasteiger partial charge in [-0.25, -0.2) is 8.42 Å². The highest BCUT2D eigenvalue weighted by Gasteiger charge is 2.40. The number of benzene rings is 2. The van der Waals surface area contributed by atoms with Crippen molar-refractivity contribution in [3.05, 3.63) is 64.7 Å². The predicted molar refractivity (Wildman–Crippen MR) is 143 cm³/mol. The van der Waals surface area contributed by atoms with Gasteiger partial charge in [-0.05, 0) is 75.8 Å². The summed E-state index contributed by atoms with van der Waals surface area (Å²) in [6, 6.07) is 11.7. The fourth-order valence-corrected chi connectivity index (χ4v) is 6.53. The smallest absolute Gasteiger partial charge is 0.243 e. The summed E-state index contributed by atoms with van der Waals surface area (Å²) in [6.07, 6.45) is 2.49. The van der Waals surface area contributed by atoms with E-state index in [0.717, 1.165) is 36.9 Å². The Hall–Kier alpha value is -2.75. The SMILES string of the molecule is Cc1ccc(S(=O)(=O)N2CCNC(=O)[C@@H]2CC(=O)N[C@@H]2CCCc3cc(CNC(C)(C)C)ccc32)cc1. The monoisotopic (exact) mass is 526 g/mol. The molecule has 0 aromatic heterocycles. The van der Waals surface area contributed by atoms with Gasteiger partial charge in [0.15, 0.2) is 0 Å². The molecular formula is C28H38N4O4S. The van der Waals surface area contributed by atoms with E-state index in [9.17, 15) is 18.0 Å². The third-order valence-electron chi connectivity index (χ3n) is 6.97. The molecular weight excluding hydrogens is 488 g/mol. The van der Waals surface area contributed by atoms with Crippen LogP contribution in [0.2, 0.25) is 0 Å². The van der Waals surface area contributed by atoms with E-state index in [0.29, 0.717) is 0 Å². The number of sulfonamides is 1. The third-order valence-corrected chi connectivity index (χ3v) is 8.89. The molecule has 0 spiro atoms. The summed E-state index contributed by atoms with van der Waals surface area (Å²) in [7, 11) is -3.92.